The molecule has 0 aliphatic rings. The van der Waals surface area contributed by atoms with Gasteiger partial charge in [0.25, 0.3) is 0 Å². The molecule has 0 amide bonds. The smallest absolute Gasteiger partial charge is 0.378 e. The monoisotopic (exact) mass is 126 g/mol. The zero-order chi connectivity index (χ0) is 6.85. The van der Waals surface area contributed by atoms with Crippen molar-refractivity contribution >= 4 is 0 Å². The van der Waals surface area contributed by atoms with E-state index in [9.17, 15) is 4.79 Å². The molecule has 0 unspecified atom stereocenters. The van der Waals surface area contributed by atoms with Gasteiger partial charge < -0.3 is 9.52 Å². The molecule has 0 aliphatic heterocycles. The molecule has 1 N–H and O–H groups in total. The average Bonchev–Trinajstić information content (AvgIpc) is 1.80. The van der Waals surface area contributed by atoms with Crippen molar-refractivity contribution in [1.82, 2.24) is 0 Å². The summed E-state index contributed by atoms with van der Waals surface area (Å²) in [6.45, 7) is 1.72. The predicted molar refractivity (Wildman–Crippen MR) is 31.4 cm³/mol. The summed E-state index contributed by atoms with van der Waals surface area (Å²) >= 11 is 0. The quantitative estimate of drug-likeness (QED) is 0.555. The molecule has 0 aromatic carbocycles. The number of hydrogen-bond acceptors (Lipinski definition) is 3. The Kier molecular flexibility index (Phi) is 1.26. The van der Waals surface area contributed by atoms with Crippen molar-refractivity contribution in [3.8, 4) is 5.75 Å². The molecule has 1 heterocycles. The van der Waals surface area contributed by atoms with E-state index in [-0.39, 0.29) is 5.75 Å². The number of hydrogen-bond donors (Lipinski definition) is 1. The van der Waals surface area contributed by atoms with Crippen LogP contribution in [-0.2, 0) is 0 Å². The highest BCUT2D eigenvalue weighted by molar-refractivity contribution is 5.18. The zero-order valence-corrected chi connectivity index (χ0v) is 4.92. The van der Waals surface area contributed by atoms with E-state index in [1.54, 1.807) is 6.92 Å². The molecule has 3 nitrogen and oxygen atoms in total. The first-order valence-corrected chi connectivity index (χ1v) is 2.48. The fraction of sp³-hybridized carbons (Fsp3) is 0.167. The van der Waals surface area contributed by atoms with Crippen LogP contribution in [-0.4, -0.2) is 5.11 Å². The van der Waals surface area contributed by atoms with Crippen LogP contribution >= 0.6 is 0 Å². The molecule has 1 aromatic heterocycles. The maximum Gasteiger partial charge on any atom is 0.378 e. The van der Waals surface area contributed by atoms with Crippen molar-refractivity contribution in [2.75, 3.05) is 0 Å². The SMILES string of the molecule is Cc1coc(=O)c(O)c1. The Morgan fingerprint density at radius 1 is 1.67 bits per heavy atom. The highest BCUT2D eigenvalue weighted by atomic mass is 16.4. The summed E-state index contributed by atoms with van der Waals surface area (Å²) in [6.07, 6.45) is 1.29. The summed E-state index contributed by atoms with van der Waals surface area (Å²) < 4.78 is 4.38. The molecule has 0 fully saturated rings. The molecule has 0 radical (unpaired) electrons. The summed E-state index contributed by atoms with van der Waals surface area (Å²) in [4.78, 5) is 10.4. The second-order valence-electron chi connectivity index (χ2n) is 1.80. The van der Waals surface area contributed by atoms with Gasteiger partial charge >= 0.3 is 5.63 Å². The minimum absolute atomic E-state index is 0.338. The summed E-state index contributed by atoms with van der Waals surface area (Å²) in [5.74, 6) is -0.338. The Hall–Kier alpha value is -1.25. The van der Waals surface area contributed by atoms with E-state index in [4.69, 9.17) is 5.11 Å². The third-order valence-electron chi connectivity index (χ3n) is 0.925. The van der Waals surface area contributed by atoms with Crippen LogP contribution in [0, 0.1) is 6.92 Å². The lowest BCUT2D eigenvalue weighted by molar-refractivity contribution is 0.410. The van der Waals surface area contributed by atoms with E-state index in [1.807, 2.05) is 0 Å². The molecule has 0 atom stereocenters. The molecule has 1 rings (SSSR count). The van der Waals surface area contributed by atoms with Gasteiger partial charge in [0.15, 0.2) is 0 Å². The highest BCUT2D eigenvalue weighted by Crippen LogP contribution is 2.02. The molecule has 0 saturated carbocycles. The van der Waals surface area contributed by atoms with Crippen molar-refractivity contribution in [1.29, 1.82) is 0 Å². The first-order chi connectivity index (χ1) is 4.20. The van der Waals surface area contributed by atoms with Gasteiger partial charge in [-0.2, -0.15) is 0 Å². The van der Waals surface area contributed by atoms with Gasteiger partial charge in [-0.3, -0.25) is 0 Å². The van der Waals surface area contributed by atoms with Gasteiger partial charge in [-0.25, -0.2) is 4.79 Å². The number of aromatic hydroxyl groups is 1. The van der Waals surface area contributed by atoms with Crippen LogP contribution in [0.4, 0.5) is 0 Å². The second kappa shape index (κ2) is 1.93. The van der Waals surface area contributed by atoms with E-state index in [2.05, 4.69) is 4.42 Å². The van der Waals surface area contributed by atoms with E-state index in [0.29, 0.717) is 0 Å². The lowest BCUT2D eigenvalue weighted by Gasteiger charge is -1.88. The zero-order valence-electron chi connectivity index (χ0n) is 4.92. The van der Waals surface area contributed by atoms with Crippen LogP contribution in [0.3, 0.4) is 0 Å². The molecule has 0 saturated heterocycles. The Bertz CT molecular complexity index is 261. The van der Waals surface area contributed by atoms with E-state index >= 15 is 0 Å². The molecule has 48 valence electrons. The van der Waals surface area contributed by atoms with Gasteiger partial charge in [0.05, 0.1) is 6.26 Å². The standard InChI is InChI=1S/C6H6O3/c1-4-2-5(7)6(8)9-3-4/h2-3,7H,1H3. The Balaban J connectivity index is 3.34. The Morgan fingerprint density at radius 3 is 2.78 bits per heavy atom. The predicted octanol–water partition coefficient (Wildman–Crippen LogP) is 0.654. The molecule has 0 spiro atoms. The first kappa shape index (κ1) is 5.88. The molecule has 0 aliphatic carbocycles. The van der Waals surface area contributed by atoms with E-state index in [1.165, 1.54) is 12.3 Å². The third kappa shape index (κ3) is 1.10. The topological polar surface area (TPSA) is 50.4 Å². The van der Waals surface area contributed by atoms with Gasteiger partial charge in [-0.15, -0.1) is 0 Å². The maximum atomic E-state index is 10.4. The molecule has 3 heteroatoms. The normalized spacial score (nSPS) is 9.44. The fourth-order valence-corrected chi connectivity index (χ4v) is 0.515. The van der Waals surface area contributed by atoms with Gasteiger partial charge in [0.2, 0.25) is 5.75 Å². The number of rotatable bonds is 0. The average molecular weight is 126 g/mol. The van der Waals surface area contributed by atoms with Crippen molar-refractivity contribution < 1.29 is 9.52 Å². The van der Waals surface area contributed by atoms with Crippen LogP contribution in [0.2, 0.25) is 0 Å². The molecule has 9 heavy (non-hydrogen) atoms. The molecular formula is C6H6O3. The molecular weight excluding hydrogens is 120 g/mol. The van der Waals surface area contributed by atoms with Crippen molar-refractivity contribution in [3.05, 3.63) is 28.3 Å². The van der Waals surface area contributed by atoms with Crippen molar-refractivity contribution in [2.24, 2.45) is 0 Å². The summed E-state index contributed by atoms with van der Waals surface area (Å²) in [5, 5.41) is 8.69. The summed E-state index contributed by atoms with van der Waals surface area (Å²) in [6, 6.07) is 1.35. The lowest BCUT2D eigenvalue weighted by atomic mass is 10.3. The third-order valence-corrected chi connectivity index (χ3v) is 0.925. The maximum absolute atomic E-state index is 10.4. The minimum Gasteiger partial charge on any atom is -0.502 e. The van der Waals surface area contributed by atoms with Gasteiger partial charge in [0.1, 0.15) is 0 Å². The lowest BCUT2D eigenvalue weighted by Crippen LogP contribution is -1.95. The number of aryl methyl sites for hydroxylation is 1. The van der Waals surface area contributed by atoms with Crippen LogP contribution in [0.5, 0.6) is 5.75 Å². The van der Waals surface area contributed by atoms with Gasteiger partial charge in [-0.1, -0.05) is 0 Å². The van der Waals surface area contributed by atoms with Crippen LogP contribution in [0.25, 0.3) is 0 Å². The van der Waals surface area contributed by atoms with E-state index in [0.717, 1.165) is 5.56 Å². The van der Waals surface area contributed by atoms with Crippen LogP contribution < -0.4 is 5.63 Å². The molecule has 0 bridgehead atoms. The van der Waals surface area contributed by atoms with Gasteiger partial charge in [0, 0.05) is 0 Å². The van der Waals surface area contributed by atoms with Gasteiger partial charge in [-0.05, 0) is 18.6 Å². The Labute approximate surface area is 51.6 Å². The van der Waals surface area contributed by atoms with Crippen LogP contribution in [0.1, 0.15) is 5.56 Å². The summed E-state index contributed by atoms with van der Waals surface area (Å²) in [5.41, 5.74) is 0.0349. The largest absolute Gasteiger partial charge is 0.502 e. The Morgan fingerprint density at radius 2 is 2.33 bits per heavy atom. The van der Waals surface area contributed by atoms with Crippen LogP contribution in [0.15, 0.2) is 21.5 Å². The second-order valence-corrected chi connectivity index (χ2v) is 1.80. The minimum atomic E-state index is -0.694. The van der Waals surface area contributed by atoms with E-state index < -0.39 is 5.63 Å². The highest BCUT2D eigenvalue weighted by Gasteiger charge is 1.95. The fourth-order valence-electron chi connectivity index (χ4n) is 0.515. The van der Waals surface area contributed by atoms with Crippen molar-refractivity contribution in [2.45, 2.75) is 6.92 Å². The molecule has 1 aromatic rings. The summed E-state index contributed by atoms with van der Waals surface area (Å²) in [7, 11) is 0. The van der Waals surface area contributed by atoms with Crippen molar-refractivity contribution in [3.63, 3.8) is 0 Å². The first-order valence-electron chi connectivity index (χ1n) is 2.48.